The predicted octanol–water partition coefficient (Wildman–Crippen LogP) is 1.89. The minimum Gasteiger partial charge on any atom is -0.444 e. The van der Waals surface area contributed by atoms with Crippen molar-refractivity contribution in [2.24, 2.45) is 5.73 Å². The van der Waals surface area contributed by atoms with Gasteiger partial charge in [-0.3, -0.25) is 10.3 Å². The van der Waals surface area contributed by atoms with Crippen LogP contribution in [0.5, 0.6) is 0 Å². The number of carbonyl (C=O) groups is 1. The number of aromatic nitrogens is 1. The zero-order valence-electron chi connectivity index (χ0n) is 9.78. The van der Waals surface area contributed by atoms with Gasteiger partial charge in [0.25, 0.3) is 0 Å². The number of amides is 1. The number of nitrogens with two attached hydrogens (primary N) is 1. The number of nitrogens with one attached hydrogen (secondary N) is 1. The molecule has 0 aromatic carbocycles. The van der Waals surface area contributed by atoms with Crippen LogP contribution in [0.25, 0.3) is 0 Å². The molecule has 88 valence electrons. The fraction of sp³-hybridized carbons (Fsp3) is 0.455. The summed E-state index contributed by atoms with van der Waals surface area (Å²) in [6.45, 7) is 5.81. The number of nitrogens with zero attached hydrogens (tertiary/aromatic N) is 1. The molecule has 5 heteroatoms. The smallest absolute Gasteiger partial charge is 0.412 e. The van der Waals surface area contributed by atoms with Gasteiger partial charge in [-0.1, -0.05) is 0 Å². The van der Waals surface area contributed by atoms with Gasteiger partial charge < -0.3 is 10.5 Å². The lowest BCUT2D eigenvalue weighted by Gasteiger charge is -2.19. The van der Waals surface area contributed by atoms with Gasteiger partial charge >= 0.3 is 6.09 Å². The Morgan fingerprint density at radius 2 is 2.19 bits per heavy atom. The van der Waals surface area contributed by atoms with Crippen molar-refractivity contribution >= 4 is 11.8 Å². The molecule has 0 spiro atoms. The molecule has 0 radical (unpaired) electrons. The van der Waals surface area contributed by atoms with E-state index in [4.69, 9.17) is 10.5 Å². The first kappa shape index (κ1) is 12.4. The minimum absolute atomic E-state index is 0.386. The third-order valence-corrected chi connectivity index (χ3v) is 1.68. The Morgan fingerprint density at radius 3 is 2.75 bits per heavy atom. The molecule has 0 saturated carbocycles. The van der Waals surface area contributed by atoms with E-state index in [0.717, 1.165) is 5.56 Å². The maximum absolute atomic E-state index is 11.4. The van der Waals surface area contributed by atoms with Gasteiger partial charge in [0.05, 0.1) is 11.9 Å². The van der Waals surface area contributed by atoms with E-state index in [0.29, 0.717) is 12.2 Å². The fourth-order valence-electron chi connectivity index (χ4n) is 1.09. The summed E-state index contributed by atoms with van der Waals surface area (Å²) in [4.78, 5) is 15.4. The number of anilines is 1. The molecular weight excluding hydrogens is 206 g/mol. The van der Waals surface area contributed by atoms with E-state index in [1.54, 1.807) is 39.2 Å². The normalized spacial score (nSPS) is 11.0. The second kappa shape index (κ2) is 4.94. The number of hydrogen-bond acceptors (Lipinski definition) is 4. The second-order valence-electron chi connectivity index (χ2n) is 4.41. The molecule has 0 bridgehead atoms. The van der Waals surface area contributed by atoms with Gasteiger partial charge in [-0.05, 0) is 32.4 Å². The number of hydrogen-bond donors (Lipinski definition) is 2. The Hall–Kier alpha value is -1.62. The molecule has 1 heterocycles. The summed E-state index contributed by atoms with van der Waals surface area (Å²) >= 11 is 0. The molecule has 5 nitrogen and oxygen atoms in total. The summed E-state index contributed by atoms with van der Waals surface area (Å²) in [5, 5.41) is 2.59. The average Bonchev–Trinajstić information content (AvgIpc) is 2.15. The molecule has 0 aliphatic carbocycles. The molecule has 1 aromatic heterocycles. The van der Waals surface area contributed by atoms with E-state index >= 15 is 0 Å². The van der Waals surface area contributed by atoms with Gasteiger partial charge in [-0.15, -0.1) is 0 Å². The van der Waals surface area contributed by atoms with Gasteiger partial charge in [0, 0.05) is 12.7 Å². The van der Waals surface area contributed by atoms with Crippen LogP contribution in [0.1, 0.15) is 26.3 Å². The van der Waals surface area contributed by atoms with Crippen LogP contribution < -0.4 is 11.1 Å². The maximum Gasteiger partial charge on any atom is 0.412 e. The molecule has 3 N–H and O–H groups in total. The Balaban J connectivity index is 2.62. The van der Waals surface area contributed by atoms with Crippen LogP contribution in [0.15, 0.2) is 18.5 Å². The molecule has 1 aromatic rings. The number of carbonyl (C=O) groups excluding carboxylic acids is 1. The molecule has 0 aliphatic rings. The second-order valence-corrected chi connectivity index (χ2v) is 4.41. The number of rotatable bonds is 2. The van der Waals surface area contributed by atoms with Crippen molar-refractivity contribution in [2.45, 2.75) is 32.9 Å². The van der Waals surface area contributed by atoms with E-state index in [1.165, 1.54) is 0 Å². The van der Waals surface area contributed by atoms with E-state index < -0.39 is 11.7 Å². The summed E-state index contributed by atoms with van der Waals surface area (Å²) in [7, 11) is 0. The van der Waals surface area contributed by atoms with Crippen molar-refractivity contribution in [3.63, 3.8) is 0 Å². The summed E-state index contributed by atoms with van der Waals surface area (Å²) in [5.41, 5.74) is 6.39. The van der Waals surface area contributed by atoms with Crippen molar-refractivity contribution < 1.29 is 9.53 Å². The van der Waals surface area contributed by atoms with Crippen molar-refractivity contribution in [3.8, 4) is 0 Å². The van der Waals surface area contributed by atoms with E-state index in [-0.39, 0.29) is 0 Å². The van der Waals surface area contributed by atoms with Crippen molar-refractivity contribution in [1.29, 1.82) is 0 Å². The van der Waals surface area contributed by atoms with Crippen molar-refractivity contribution in [3.05, 3.63) is 24.0 Å². The number of pyridine rings is 1. The Bertz CT molecular complexity index is 372. The van der Waals surface area contributed by atoms with Crippen LogP contribution in [-0.2, 0) is 11.3 Å². The van der Waals surface area contributed by atoms with Gasteiger partial charge in [0.15, 0.2) is 0 Å². The van der Waals surface area contributed by atoms with Crippen LogP contribution in [0, 0.1) is 0 Å². The zero-order chi connectivity index (χ0) is 12.2. The highest BCUT2D eigenvalue weighted by atomic mass is 16.6. The van der Waals surface area contributed by atoms with Crippen LogP contribution >= 0.6 is 0 Å². The van der Waals surface area contributed by atoms with Crippen molar-refractivity contribution in [2.75, 3.05) is 5.32 Å². The highest BCUT2D eigenvalue weighted by Gasteiger charge is 2.16. The highest BCUT2D eigenvalue weighted by molar-refractivity contribution is 5.84. The van der Waals surface area contributed by atoms with Crippen LogP contribution in [0.4, 0.5) is 10.5 Å². The summed E-state index contributed by atoms with van der Waals surface area (Å²) in [5.74, 6) is 0. The van der Waals surface area contributed by atoms with E-state index in [9.17, 15) is 4.79 Å². The standard InChI is InChI=1S/C11H17N3O2/c1-11(2,3)16-10(15)14-9-4-8(5-12)6-13-7-9/h4,6-7H,5,12H2,1-3H3,(H,14,15). The van der Waals surface area contributed by atoms with Crippen molar-refractivity contribution in [1.82, 2.24) is 4.98 Å². The third kappa shape index (κ3) is 4.27. The topological polar surface area (TPSA) is 77.2 Å². The van der Waals surface area contributed by atoms with Gasteiger partial charge in [-0.2, -0.15) is 0 Å². The van der Waals surface area contributed by atoms with Crippen LogP contribution in [0.3, 0.4) is 0 Å². The molecule has 0 unspecified atom stereocenters. The first-order valence-corrected chi connectivity index (χ1v) is 5.05. The Labute approximate surface area is 95.0 Å². The third-order valence-electron chi connectivity index (χ3n) is 1.68. The van der Waals surface area contributed by atoms with Gasteiger partial charge in [0.2, 0.25) is 0 Å². The monoisotopic (exact) mass is 223 g/mol. The van der Waals surface area contributed by atoms with E-state index in [2.05, 4.69) is 10.3 Å². The largest absolute Gasteiger partial charge is 0.444 e. The van der Waals surface area contributed by atoms with Gasteiger partial charge in [-0.25, -0.2) is 4.79 Å². The average molecular weight is 223 g/mol. The molecule has 0 aliphatic heterocycles. The Morgan fingerprint density at radius 1 is 1.50 bits per heavy atom. The lowest BCUT2D eigenvalue weighted by molar-refractivity contribution is 0.0636. The molecule has 16 heavy (non-hydrogen) atoms. The van der Waals surface area contributed by atoms with Gasteiger partial charge in [0.1, 0.15) is 5.60 Å². The predicted molar refractivity (Wildman–Crippen MR) is 62.0 cm³/mol. The lowest BCUT2D eigenvalue weighted by atomic mass is 10.2. The quantitative estimate of drug-likeness (QED) is 0.802. The molecule has 0 atom stereocenters. The minimum atomic E-state index is -0.511. The molecular formula is C11H17N3O2. The Kier molecular flexibility index (Phi) is 3.84. The summed E-state index contributed by atoms with van der Waals surface area (Å²) < 4.78 is 5.11. The highest BCUT2D eigenvalue weighted by Crippen LogP contribution is 2.11. The zero-order valence-corrected chi connectivity index (χ0v) is 9.78. The summed E-state index contributed by atoms with van der Waals surface area (Å²) in [6.07, 6.45) is 2.70. The van der Waals surface area contributed by atoms with E-state index in [1.807, 2.05) is 0 Å². The maximum atomic E-state index is 11.4. The first-order valence-electron chi connectivity index (χ1n) is 5.05. The molecule has 1 rings (SSSR count). The molecule has 0 saturated heterocycles. The lowest BCUT2D eigenvalue weighted by Crippen LogP contribution is -2.27. The number of ether oxygens (including phenoxy) is 1. The molecule has 0 fully saturated rings. The first-order chi connectivity index (χ1) is 7.40. The van der Waals surface area contributed by atoms with Crippen LogP contribution in [0.2, 0.25) is 0 Å². The fourth-order valence-corrected chi connectivity index (χ4v) is 1.09. The van der Waals surface area contributed by atoms with Crippen LogP contribution in [-0.4, -0.2) is 16.7 Å². The summed E-state index contributed by atoms with van der Waals surface area (Å²) in [6, 6.07) is 1.76. The SMILES string of the molecule is CC(C)(C)OC(=O)Nc1cncc(CN)c1. The molecule has 1 amide bonds.